The van der Waals surface area contributed by atoms with Crippen LogP contribution in [0.1, 0.15) is 55.9 Å². The third-order valence-electron chi connectivity index (χ3n) is 4.11. The molecular weight excluding hydrogens is 365 g/mol. The monoisotopic (exact) mass is 389 g/mol. The summed E-state index contributed by atoms with van der Waals surface area (Å²) in [7, 11) is 1.91. The Morgan fingerprint density at radius 1 is 1.24 bits per heavy atom. The molecule has 2 aromatic rings. The van der Waals surface area contributed by atoms with Gasteiger partial charge in [-0.05, 0) is 12.8 Å². The topological polar surface area (TPSA) is 120 Å². The Morgan fingerprint density at radius 2 is 1.92 bits per heavy atom. The molecule has 0 unspecified atom stereocenters. The fraction of sp³-hybridized carbons (Fsp3) is 0.600. The number of hydrogen-bond donors (Lipinski definition) is 2. The van der Waals surface area contributed by atoms with E-state index in [0.29, 0.717) is 24.2 Å². The lowest BCUT2D eigenvalue weighted by atomic mass is 9.78. The van der Waals surface area contributed by atoms with Crippen LogP contribution in [0.25, 0.3) is 0 Å². The lowest BCUT2D eigenvalue weighted by molar-refractivity contribution is 0.345. The fourth-order valence-corrected chi connectivity index (χ4v) is 2.63. The van der Waals surface area contributed by atoms with E-state index in [0.717, 1.165) is 24.4 Å². The van der Waals surface area contributed by atoms with Crippen molar-refractivity contribution < 1.29 is 4.52 Å². The highest BCUT2D eigenvalue weighted by Crippen LogP contribution is 2.35. The number of halogens is 2. The molecule has 1 aliphatic rings. The van der Waals surface area contributed by atoms with Gasteiger partial charge in [-0.1, -0.05) is 19.0 Å². The highest BCUT2D eigenvalue weighted by atomic mass is 35.5. The number of nitrogens with two attached hydrogens (primary N) is 2. The summed E-state index contributed by atoms with van der Waals surface area (Å²) in [4.78, 5) is 15.0. The van der Waals surface area contributed by atoms with Crippen LogP contribution in [0, 0.1) is 0 Å². The van der Waals surface area contributed by atoms with E-state index in [2.05, 4.69) is 20.1 Å². The highest BCUT2D eigenvalue weighted by Gasteiger charge is 2.29. The first kappa shape index (κ1) is 21.4. The summed E-state index contributed by atoms with van der Waals surface area (Å²) in [5, 5.41) is 3.97. The molecule has 0 aromatic carbocycles. The van der Waals surface area contributed by atoms with Gasteiger partial charge in [0.1, 0.15) is 5.82 Å². The van der Waals surface area contributed by atoms with Gasteiger partial charge in [0.2, 0.25) is 11.8 Å². The van der Waals surface area contributed by atoms with E-state index in [9.17, 15) is 0 Å². The Labute approximate surface area is 159 Å². The summed E-state index contributed by atoms with van der Waals surface area (Å²) in [5.41, 5.74) is 12.7. The number of hydrogen-bond acceptors (Lipinski definition) is 8. The van der Waals surface area contributed by atoms with Gasteiger partial charge in [0.15, 0.2) is 5.82 Å². The summed E-state index contributed by atoms with van der Waals surface area (Å²) in [6.07, 6.45) is 1.89. The number of nitrogens with zero attached hydrogens (tertiary/aromatic N) is 5. The zero-order valence-electron chi connectivity index (χ0n) is 14.5. The number of nitrogen functional groups attached to an aromatic ring is 1. The third kappa shape index (κ3) is 4.93. The van der Waals surface area contributed by atoms with E-state index in [1.165, 1.54) is 0 Å². The van der Waals surface area contributed by atoms with Crippen LogP contribution in [0.4, 0.5) is 11.8 Å². The van der Waals surface area contributed by atoms with Gasteiger partial charge in [-0.15, -0.1) is 24.8 Å². The molecular formula is C15H25Cl2N7O. The zero-order chi connectivity index (χ0) is 16.6. The van der Waals surface area contributed by atoms with Crippen LogP contribution in [0.5, 0.6) is 0 Å². The number of aromatic nitrogens is 4. The van der Waals surface area contributed by atoms with Crippen LogP contribution in [-0.2, 0) is 6.54 Å². The maximum atomic E-state index is 5.86. The molecule has 0 radical (unpaired) electrons. The minimum Gasteiger partial charge on any atom is -0.368 e. The first-order chi connectivity index (χ1) is 10.9. The summed E-state index contributed by atoms with van der Waals surface area (Å²) < 4.78 is 5.28. The molecule has 10 heteroatoms. The second-order valence-electron chi connectivity index (χ2n) is 6.49. The molecule has 8 nitrogen and oxygen atoms in total. The molecule has 4 N–H and O–H groups in total. The van der Waals surface area contributed by atoms with Gasteiger partial charge in [0.25, 0.3) is 0 Å². The van der Waals surface area contributed by atoms with E-state index >= 15 is 0 Å². The molecule has 1 fully saturated rings. The van der Waals surface area contributed by atoms with Crippen LogP contribution >= 0.6 is 24.8 Å². The summed E-state index contributed by atoms with van der Waals surface area (Å²) >= 11 is 0. The van der Waals surface area contributed by atoms with Crippen molar-refractivity contribution in [3.63, 3.8) is 0 Å². The van der Waals surface area contributed by atoms with Crippen molar-refractivity contribution in [1.29, 1.82) is 0 Å². The van der Waals surface area contributed by atoms with Gasteiger partial charge in [-0.25, -0.2) is 4.98 Å². The second-order valence-corrected chi connectivity index (χ2v) is 6.49. The highest BCUT2D eigenvalue weighted by molar-refractivity contribution is 5.85. The molecule has 0 amide bonds. The molecule has 1 aliphatic carbocycles. The lowest BCUT2D eigenvalue weighted by Crippen LogP contribution is -2.35. The number of anilines is 2. The van der Waals surface area contributed by atoms with Crippen LogP contribution in [0.3, 0.4) is 0 Å². The van der Waals surface area contributed by atoms with Gasteiger partial charge < -0.3 is 20.9 Å². The molecule has 1 saturated carbocycles. The van der Waals surface area contributed by atoms with Gasteiger partial charge in [0, 0.05) is 31.0 Å². The van der Waals surface area contributed by atoms with Gasteiger partial charge in [-0.2, -0.15) is 9.97 Å². The van der Waals surface area contributed by atoms with E-state index in [1.807, 2.05) is 31.9 Å². The minimum absolute atomic E-state index is 0. The molecule has 0 spiro atoms. The van der Waals surface area contributed by atoms with Crippen molar-refractivity contribution in [3.05, 3.63) is 23.5 Å². The van der Waals surface area contributed by atoms with Crippen molar-refractivity contribution in [3.8, 4) is 0 Å². The molecule has 0 aliphatic heterocycles. The average Bonchev–Trinajstić information content (AvgIpc) is 2.92. The molecule has 0 saturated heterocycles. The lowest BCUT2D eigenvalue weighted by Gasteiger charge is -2.32. The minimum atomic E-state index is 0. The molecule has 0 bridgehead atoms. The van der Waals surface area contributed by atoms with Crippen molar-refractivity contribution in [2.45, 2.75) is 51.1 Å². The summed E-state index contributed by atoms with van der Waals surface area (Å²) in [6.45, 7) is 4.53. The maximum Gasteiger partial charge on any atom is 0.246 e. The van der Waals surface area contributed by atoms with Crippen LogP contribution in [0.2, 0.25) is 0 Å². The third-order valence-corrected chi connectivity index (χ3v) is 4.11. The average molecular weight is 390 g/mol. The van der Waals surface area contributed by atoms with Crippen molar-refractivity contribution >= 4 is 36.6 Å². The van der Waals surface area contributed by atoms with Crippen molar-refractivity contribution in [2.24, 2.45) is 5.73 Å². The van der Waals surface area contributed by atoms with E-state index < -0.39 is 0 Å². The normalized spacial score (nSPS) is 18.9. The summed E-state index contributed by atoms with van der Waals surface area (Å²) in [6, 6.07) is 2.23. The van der Waals surface area contributed by atoms with Crippen LogP contribution < -0.4 is 16.4 Å². The smallest absolute Gasteiger partial charge is 0.246 e. The molecule has 3 rings (SSSR count). The second kappa shape index (κ2) is 8.64. The van der Waals surface area contributed by atoms with Crippen molar-refractivity contribution in [2.75, 3.05) is 17.7 Å². The van der Waals surface area contributed by atoms with E-state index in [1.54, 1.807) is 0 Å². The Hall–Kier alpha value is -1.64. The standard InChI is InChI=1S/C15H23N7O.2ClH/c1-8(2)14-20-13(23-21-14)7-22(3)12-6-11(18-15(17)19-12)9-4-10(16)5-9;;/h6,8-10H,4-5,7,16H2,1-3H3,(H2,17,18,19);2*1H. The SMILES string of the molecule is CC(C)c1noc(CN(C)c2cc(C3CC(N)C3)nc(N)n2)n1.Cl.Cl. The Bertz CT molecular complexity index is 688. The van der Waals surface area contributed by atoms with Gasteiger partial charge in [-0.3, -0.25) is 0 Å². The predicted octanol–water partition coefficient (Wildman–Crippen LogP) is 2.25. The Kier molecular flexibility index (Phi) is 7.40. The van der Waals surface area contributed by atoms with E-state index in [-0.39, 0.29) is 42.7 Å². The summed E-state index contributed by atoms with van der Waals surface area (Å²) in [5.74, 6) is 2.90. The molecule has 0 atom stereocenters. The van der Waals surface area contributed by atoms with Crippen molar-refractivity contribution in [1.82, 2.24) is 20.1 Å². The largest absolute Gasteiger partial charge is 0.368 e. The van der Waals surface area contributed by atoms with Gasteiger partial charge in [0.05, 0.1) is 12.2 Å². The first-order valence-electron chi connectivity index (χ1n) is 7.86. The van der Waals surface area contributed by atoms with Crippen LogP contribution in [0.15, 0.2) is 10.6 Å². The molecule has 25 heavy (non-hydrogen) atoms. The van der Waals surface area contributed by atoms with E-state index in [4.69, 9.17) is 16.0 Å². The molecule has 2 heterocycles. The quantitative estimate of drug-likeness (QED) is 0.798. The predicted molar refractivity (Wildman–Crippen MR) is 101 cm³/mol. The van der Waals surface area contributed by atoms with Gasteiger partial charge >= 0.3 is 0 Å². The Balaban J connectivity index is 0.00000156. The zero-order valence-corrected chi connectivity index (χ0v) is 16.2. The first-order valence-corrected chi connectivity index (χ1v) is 7.86. The number of rotatable bonds is 5. The maximum absolute atomic E-state index is 5.86. The van der Waals surface area contributed by atoms with Crippen LogP contribution in [-0.4, -0.2) is 33.2 Å². The Morgan fingerprint density at radius 3 is 2.48 bits per heavy atom. The molecule has 2 aromatic heterocycles. The fourth-order valence-electron chi connectivity index (χ4n) is 2.63. The molecule has 140 valence electrons.